The molecule has 2 saturated heterocycles. The number of aliphatic hydroxyl groups is 2. The maximum Gasteiger partial charge on any atom is 0.0974 e. The number of ether oxygens (including phenoxy) is 1. The van der Waals surface area contributed by atoms with Crippen LogP contribution >= 0.6 is 0 Å². The molecule has 2 aromatic rings. The Hall–Kier alpha value is -2.05. The minimum Gasteiger partial charge on any atom is -0.396 e. The second-order valence-corrected chi connectivity index (χ2v) is 13.8. The number of hydrogen-bond donors (Lipinski definition) is 2. The van der Waals surface area contributed by atoms with Crippen LogP contribution in [-0.2, 0) is 4.74 Å². The van der Waals surface area contributed by atoms with Gasteiger partial charge in [-0.3, -0.25) is 9.88 Å². The van der Waals surface area contributed by atoms with Gasteiger partial charge in [0.15, 0.2) is 0 Å². The zero-order valence-electron chi connectivity index (χ0n) is 22.5. The summed E-state index contributed by atoms with van der Waals surface area (Å²) in [6, 6.07) is 9.63. The van der Waals surface area contributed by atoms with Crippen molar-refractivity contribution in [3.05, 3.63) is 65.5 Å². The summed E-state index contributed by atoms with van der Waals surface area (Å²) in [5.74, 6) is 1.09. The number of benzene rings is 1. The van der Waals surface area contributed by atoms with Crippen LogP contribution in [0.25, 0.3) is 10.8 Å². The fourth-order valence-electron chi connectivity index (χ4n) is 9.89. The molecular formula is C33H40N2O3. The summed E-state index contributed by atoms with van der Waals surface area (Å²) in [6.45, 7) is 4.31. The molecule has 2 bridgehead atoms. The third kappa shape index (κ3) is 3.05. The first-order valence-electron chi connectivity index (χ1n) is 14.8. The van der Waals surface area contributed by atoms with E-state index in [9.17, 15) is 10.2 Å². The van der Waals surface area contributed by atoms with Crippen molar-refractivity contribution in [1.82, 2.24) is 9.88 Å². The maximum atomic E-state index is 9.81. The van der Waals surface area contributed by atoms with E-state index in [1.54, 1.807) is 0 Å². The summed E-state index contributed by atoms with van der Waals surface area (Å²) in [7, 11) is 0. The highest BCUT2D eigenvalue weighted by atomic mass is 16.5. The number of rotatable bonds is 4. The van der Waals surface area contributed by atoms with Gasteiger partial charge < -0.3 is 14.9 Å². The number of fused-ring (bicyclic) bond motifs is 2. The molecule has 4 fully saturated rings. The molecule has 38 heavy (non-hydrogen) atoms. The monoisotopic (exact) mass is 512 g/mol. The third-order valence-electron chi connectivity index (χ3n) is 12.0. The lowest BCUT2D eigenvalue weighted by Gasteiger charge is -2.57. The summed E-state index contributed by atoms with van der Waals surface area (Å²) in [5, 5.41) is 22.1. The van der Waals surface area contributed by atoms with Crippen molar-refractivity contribution in [2.24, 2.45) is 16.7 Å². The van der Waals surface area contributed by atoms with E-state index in [1.165, 1.54) is 40.3 Å². The Kier molecular flexibility index (Phi) is 5.01. The molecule has 5 nitrogen and oxygen atoms in total. The van der Waals surface area contributed by atoms with E-state index in [2.05, 4.69) is 53.2 Å². The number of likely N-dealkylation sites (tertiary alicyclic amines) is 1. The average molecular weight is 513 g/mol. The Labute approximate surface area is 225 Å². The van der Waals surface area contributed by atoms with E-state index < -0.39 is 0 Å². The Morgan fingerprint density at radius 1 is 1.05 bits per heavy atom. The summed E-state index contributed by atoms with van der Waals surface area (Å²) >= 11 is 0. The summed E-state index contributed by atoms with van der Waals surface area (Å²) in [4.78, 5) is 6.89. The highest BCUT2D eigenvalue weighted by molar-refractivity contribution is 5.82. The van der Waals surface area contributed by atoms with Crippen LogP contribution in [0, 0.1) is 16.7 Å². The van der Waals surface area contributed by atoms with Gasteiger partial charge in [0.25, 0.3) is 0 Å². The van der Waals surface area contributed by atoms with Crippen molar-refractivity contribution in [2.45, 2.75) is 81.5 Å². The van der Waals surface area contributed by atoms with E-state index in [4.69, 9.17) is 4.74 Å². The topological polar surface area (TPSA) is 65.8 Å². The molecule has 3 aliphatic heterocycles. The van der Waals surface area contributed by atoms with Crippen molar-refractivity contribution in [3.63, 3.8) is 0 Å². The molecule has 4 heterocycles. The molecule has 5 heteroatoms. The fourth-order valence-corrected chi connectivity index (χ4v) is 9.89. The molecule has 6 atom stereocenters. The van der Waals surface area contributed by atoms with Crippen LogP contribution in [0.2, 0.25) is 0 Å². The molecule has 3 aliphatic carbocycles. The first-order chi connectivity index (χ1) is 18.4. The van der Waals surface area contributed by atoms with Gasteiger partial charge in [-0.05, 0) is 103 Å². The van der Waals surface area contributed by atoms with Crippen LogP contribution in [0.15, 0.2) is 60.0 Å². The SMILES string of the molecule is C[C@]12CC=C3C=C4CC[C@@H](N5CC(CO)(CO)C5)C[C@]45CCC3(O5)[C@@H]1CC[C@@H]2c1ccc2ccncc2c1. The normalized spacial score (nSPS) is 41.1. The first-order valence-corrected chi connectivity index (χ1v) is 14.8. The van der Waals surface area contributed by atoms with E-state index >= 15 is 0 Å². The molecule has 2 spiro atoms. The highest BCUT2D eigenvalue weighted by Crippen LogP contribution is 2.69. The van der Waals surface area contributed by atoms with Gasteiger partial charge in [-0.2, -0.15) is 0 Å². The first kappa shape index (κ1) is 23.8. The van der Waals surface area contributed by atoms with Crippen LogP contribution < -0.4 is 0 Å². The van der Waals surface area contributed by atoms with Gasteiger partial charge in [-0.1, -0.05) is 31.2 Å². The van der Waals surface area contributed by atoms with Crippen LogP contribution in [0.4, 0.5) is 0 Å². The second kappa shape index (κ2) is 8.00. The molecule has 0 amide bonds. The third-order valence-corrected chi connectivity index (χ3v) is 12.0. The Bertz CT molecular complexity index is 1360. The Morgan fingerprint density at radius 2 is 1.92 bits per heavy atom. The van der Waals surface area contributed by atoms with Gasteiger partial charge in [-0.25, -0.2) is 0 Å². The summed E-state index contributed by atoms with van der Waals surface area (Å²) in [6.07, 6.45) is 18.2. The maximum absolute atomic E-state index is 9.81. The molecule has 2 saturated carbocycles. The van der Waals surface area contributed by atoms with E-state index in [0.29, 0.717) is 17.9 Å². The number of aliphatic hydroxyl groups excluding tert-OH is 2. The predicted octanol–water partition coefficient (Wildman–Crippen LogP) is 5.13. The number of aromatic nitrogens is 1. The number of hydrogen-bond acceptors (Lipinski definition) is 5. The van der Waals surface area contributed by atoms with Crippen molar-refractivity contribution in [1.29, 1.82) is 0 Å². The average Bonchev–Trinajstić information content (AvgIpc) is 3.43. The minimum absolute atomic E-state index is 0.0753. The quantitative estimate of drug-likeness (QED) is 0.595. The molecule has 1 unspecified atom stereocenters. The zero-order chi connectivity index (χ0) is 25.8. The van der Waals surface area contributed by atoms with Crippen LogP contribution in [-0.4, -0.2) is 63.6 Å². The van der Waals surface area contributed by atoms with E-state index in [1.807, 2.05) is 12.4 Å². The van der Waals surface area contributed by atoms with Crippen LogP contribution in [0.5, 0.6) is 0 Å². The Morgan fingerprint density at radius 3 is 2.76 bits per heavy atom. The molecule has 6 aliphatic rings. The smallest absolute Gasteiger partial charge is 0.0974 e. The van der Waals surface area contributed by atoms with Gasteiger partial charge in [-0.15, -0.1) is 0 Å². The van der Waals surface area contributed by atoms with Gasteiger partial charge in [0.05, 0.1) is 24.4 Å². The summed E-state index contributed by atoms with van der Waals surface area (Å²) in [5.41, 5.74) is 4.11. The lowest BCUT2D eigenvalue weighted by Crippen LogP contribution is -2.65. The van der Waals surface area contributed by atoms with E-state index in [0.717, 1.165) is 51.6 Å². The summed E-state index contributed by atoms with van der Waals surface area (Å²) < 4.78 is 7.50. The Balaban J connectivity index is 1.10. The zero-order valence-corrected chi connectivity index (χ0v) is 22.5. The molecular weight excluding hydrogens is 472 g/mol. The number of pyridine rings is 1. The molecule has 1 aromatic carbocycles. The van der Waals surface area contributed by atoms with Gasteiger partial charge in [0.2, 0.25) is 0 Å². The molecule has 1 aromatic heterocycles. The van der Waals surface area contributed by atoms with Crippen molar-refractivity contribution >= 4 is 10.8 Å². The predicted molar refractivity (Wildman–Crippen MR) is 148 cm³/mol. The molecule has 200 valence electrons. The lowest BCUT2D eigenvalue weighted by atomic mass is 9.58. The lowest BCUT2D eigenvalue weighted by molar-refractivity contribution is -0.155. The van der Waals surface area contributed by atoms with Gasteiger partial charge >= 0.3 is 0 Å². The minimum atomic E-state index is -0.309. The molecule has 8 rings (SSSR count). The number of nitrogens with zero attached hydrogens (tertiary/aromatic N) is 2. The van der Waals surface area contributed by atoms with Crippen LogP contribution in [0.1, 0.15) is 69.8 Å². The van der Waals surface area contributed by atoms with Crippen molar-refractivity contribution in [2.75, 3.05) is 26.3 Å². The van der Waals surface area contributed by atoms with Crippen molar-refractivity contribution < 1.29 is 14.9 Å². The second-order valence-electron chi connectivity index (χ2n) is 13.8. The largest absolute Gasteiger partial charge is 0.396 e. The van der Waals surface area contributed by atoms with Gasteiger partial charge in [0.1, 0.15) is 0 Å². The molecule has 2 N–H and O–H groups in total. The van der Waals surface area contributed by atoms with E-state index in [-0.39, 0.29) is 35.2 Å². The van der Waals surface area contributed by atoms with Gasteiger partial charge in [0, 0.05) is 42.3 Å². The highest BCUT2D eigenvalue weighted by Gasteiger charge is 2.67. The number of allylic oxidation sites excluding steroid dienone is 1. The molecule has 0 radical (unpaired) electrons. The fraction of sp³-hybridized carbons (Fsp3) is 0.606. The van der Waals surface area contributed by atoms with Crippen molar-refractivity contribution in [3.8, 4) is 0 Å². The standard InChI is InChI=1S/C33H40N2O3/c1-30-10-8-26-15-25-4-5-27(35-18-31(19-35,20-36)21-37)16-32(25)11-12-33(26,38-32)29(30)7-6-28(30)23-3-2-22-9-13-34-17-24(22)14-23/h2-3,8-9,13-15,17,27-29,36-37H,4-7,10-12,16,18-21H2,1H3/t27-,28-,29-,30-,32-,33?/m1/s1. The van der Waals surface area contributed by atoms with Crippen LogP contribution in [0.3, 0.4) is 0 Å².